The second-order valence-electron chi connectivity index (χ2n) is 4.90. The van der Waals surface area contributed by atoms with Crippen LogP contribution in [0.5, 0.6) is 0 Å². The van der Waals surface area contributed by atoms with Crippen LogP contribution in [0.3, 0.4) is 0 Å². The highest BCUT2D eigenvalue weighted by Gasteiger charge is 2.02. The molecule has 0 aliphatic heterocycles. The summed E-state index contributed by atoms with van der Waals surface area (Å²) in [7, 11) is 0. The average Bonchev–Trinajstić information content (AvgIpc) is 2.49. The Morgan fingerprint density at radius 3 is 2.43 bits per heavy atom. The zero-order chi connectivity index (χ0) is 15.2. The van der Waals surface area contributed by atoms with Crippen LogP contribution in [0.15, 0.2) is 42.5 Å². The lowest BCUT2D eigenvalue weighted by Crippen LogP contribution is -2.09. The number of halogens is 1. The molecule has 0 radical (unpaired) electrons. The van der Waals surface area contributed by atoms with E-state index in [1.54, 1.807) is 6.07 Å². The fraction of sp³-hybridized carbons (Fsp3) is 0.235. The Morgan fingerprint density at radius 2 is 1.76 bits per heavy atom. The average molecular weight is 286 g/mol. The molecule has 2 aromatic carbocycles. The Balaban J connectivity index is 1.97. The summed E-state index contributed by atoms with van der Waals surface area (Å²) in [6.45, 7) is 4.33. The van der Waals surface area contributed by atoms with Gasteiger partial charge >= 0.3 is 0 Å². The van der Waals surface area contributed by atoms with E-state index in [9.17, 15) is 9.18 Å². The number of carbonyl (C=O) groups excluding carboxylic acids is 1. The van der Waals surface area contributed by atoms with Crippen LogP contribution < -0.4 is 10.6 Å². The van der Waals surface area contributed by atoms with Gasteiger partial charge in [-0.3, -0.25) is 4.79 Å². The van der Waals surface area contributed by atoms with E-state index < -0.39 is 0 Å². The second-order valence-corrected chi connectivity index (χ2v) is 4.90. The normalized spacial score (nSPS) is 10.2. The highest BCUT2D eigenvalue weighted by atomic mass is 19.1. The highest BCUT2D eigenvalue weighted by Crippen LogP contribution is 2.16. The van der Waals surface area contributed by atoms with Crippen LogP contribution in [0.1, 0.15) is 24.5 Å². The van der Waals surface area contributed by atoms with Crippen molar-refractivity contribution in [1.82, 2.24) is 0 Å². The summed E-state index contributed by atoms with van der Waals surface area (Å²) in [4.78, 5) is 11.3. The lowest BCUT2D eigenvalue weighted by molar-refractivity contribution is -0.115. The fourth-order valence-corrected chi connectivity index (χ4v) is 1.95. The number of carbonyl (C=O) groups is 1. The molecule has 0 unspecified atom stereocenters. The molecule has 0 bridgehead atoms. The van der Waals surface area contributed by atoms with Crippen molar-refractivity contribution in [2.75, 3.05) is 10.6 Å². The smallest absolute Gasteiger partial charge is 0.224 e. The molecule has 4 heteroatoms. The Labute approximate surface area is 124 Å². The van der Waals surface area contributed by atoms with Gasteiger partial charge in [-0.1, -0.05) is 13.0 Å². The summed E-state index contributed by atoms with van der Waals surface area (Å²) in [5, 5.41) is 6.04. The van der Waals surface area contributed by atoms with E-state index in [2.05, 4.69) is 10.6 Å². The van der Waals surface area contributed by atoms with Gasteiger partial charge < -0.3 is 10.6 Å². The Bertz CT molecular complexity index is 623. The highest BCUT2D eigenvalue weighted by molar-refractivity contribution is 5.90. The van der Waals surface area contributed by atoms with Crippen molar-refractivity contribution in [3.8, 4) is 0 Å². The van der Waals surface area contributed by atoms with E-state index in [1.165, 1.54) is 12.1 Å². The van der Waals surface area contributed by atoms with E-state index in [0.717, 1.165) is 22.5 Å². The van der Waals surface area contributed by atoms with Gasteiger partial charge in [0.15, 0.2) is 0 Å². The third kappa shape index (κ3) is 4.31. The third-order valence-corrected chi connectivity index (χ3v) is 3.28. The molecular formula is C17H19FN2O. The van der Waals surface area contributed by atoms with Crippen molar-refractivity contribution in [2.24, 2.45) is 0 Å². The number of anilines is 2. The number of aryl methyl sites for hydroxylation is 1. The first-order valence-corrected chi connectivity index (χ1v) is 6.97. The van der Waals surface area contributed by atoms with Gasteiger partial charge in [0, 0.05) is 24.3 Å². The third-order valence-electron chi connectivity index (χ3n) is 3.28. The van der Waals surface area contributed by atoms with Crippen LogP contribution in [0.4, 0.5) is 15.8 Å². The number of benzene rings is 2. The van der Waals surface area contributed by atoms with E-state index in [0.29, 0.717) is 13.0 Å². The first-order valence-electron chi connectivity index (χ1n) is 6.97. The van der Waals surface area contributed by atoms with Crippen molar-refractivity contribution in [3.63, 3.8) is 0 Å². The first-order chi connectivity index (χ1) is 10.1. The molecule has 1 amide bonds. The molecule has 0 spiro atoms. The minimum Gasteiger partial charge on any atom is -0.381 e. The summed E-state index contributed by atoms with van der Waals surface area (Å²) < 4.78 is 13.2. The summed E-state index contributed by atoms with van der Waals surface area (Å²) in [5.41, 5.74) is 3.68. The molecule has 0 atom stereocenters. The lowest BCUT2D eigenvalue weighted by atomic mass is 10.1. The maximum atomic E-state index is 13.2. The maximum absolute atomic E-state index is 13.2. The van der Waals surface area contributed by atoms with Gasteiger partial charge in [-0.2, -0.15) is 0 Å². The van der Waals surface area contributed by atoms with E-state index in [-0.39, 0.29) is 11.7 Å². The lowest BCUT2D eigenvalue weighted by Gasteiger charge is -2.10. The zero-order valence-electron chi connectivity index (χ0n) is 12.2. The topological polar surface area (TPSA) is 41.1 Å². The molecule has 0 aliphatic carbocycles. The van der Waals surface area contributed by atoms with Crippen LogP contribution in [0.2, 0.25) is 0 Å². The van der Waals surface area contributed by atoms with Gasteiger partial charge in [-0.15, -0.1) is 0 Å². The molecule has 0 saturated heterocycles. The monoisotopic (exact) mass is 286 g/mol. The number of nitrogens with one attached hydrogen (secondary N) is 2. The molecule has 2 rings (SSSR count). The van der Waals surface area contributed by atoms with Crippen molar-refractivity contribution in [1.29, 1.82) is 0 Å². The first kappa shape index (κ1) is 15.0. The van der Waals surface area contributed by atoms with E-state index in [4.69, 9.17) is 0 Å². The molecule has 0 aromatic heterocycles. The van der Waals surface area contributed by atoms with Gasteiger partial charge in [-0.25, -0.2) is 4.39 Å². The zero-order valence-corrected chi connectivity index (χ0v) is 12.2. The maximum Gasteiger partial charge on any atom is 0.224 e. The summed E-state index contributed by atoms with van der Waals surface area (Å²) in [6, 6.07) is 12.2. The Hall–Kier alpha value is -2.36. The molecule has 2 aromatic rings. The summed E-state index contributed by atoms with van der Waals surface area (Å²) in [6.07, 6.45) is 0.457. The molecule has 21 heavy (non-hydrogen) atoms. The number of rotatable bonds is 5. The van der Waals surface area contributed by atoms with E-state index >= 15 is 0 Å². The van der Waals surface area contributed by atoms with Gasteiger partial charge in [0.05, 0.1) is 0 Å². The molecule has 0 heterocycles. The van der Waals surface area contributed by atoms with Gasteiger partial charge in [0.2, 0.25) is 5.91 Å². The Kier molecular flexibility index (Phi) is 4.93. The van der Waals surface area contributed by atoms with Crippen LogP contribution in [-0.4, -0.2) is 5.91 Å². The van der Waals surface area contributed by atoms with Gasteiger partial charge in [0.1, 0.15) is 5.82 Å². The van der Waals surface area contributed by atoms with Crippen molar-refractivity contribution in [3.05, 3.63) is 59.4 Å². The quantitative estimate of drug-likeness (QED) is 0.869. The molecular weight excluding hydrogens is 267 g/mol. The Morgan fingerprint density at radius 1 is 1.10 bits per heavy atom. The second kappa shape index (κ2) is 6.88. The predicted octanol–water partition coefficient (Wildman–Crippen LogP) is 4.09. The van der Waals surface area contributed by atoms with Crippen LogP contribution in [0.25, 0.3) is 0 Å². The molecule has 3 nitrogen and oxygen atoms in total. The van der Waals surface area contributed by atoms with Crippen LogP contribution in [0, 0.1) is 12.7 Å². The predicted molar refractivity (Wildman–Crippen MR) is 83.8 cm³/mol. The minimum absolute atomic E-state index is 0.00825. The standard InChI is InChI=1S/C17H19FN2O/c1-3-17(21)20-16-8-6-15(7-9-16)19-11-13-10-14(18)5-4-12(13)2/h4-10,19H,3,11H2,1-2H3,(H,20,21). The molecule has 0 aliphatic rings. The van der Waals surface area contributed by atoms with E-state index in [1.807, 2.05) is 38.1 Å². The van der Waals surface area contributed by atoms with Crippen LogP contribution >= 0.6 is 0 Å². The fourth-order valence-electron chi connectivity index (χ4n) is 1.95. The number of amides is 1. The summed E-state index contributed by atoms with van der Waals surface area (Å²) >= 11 is 0. The number of hydrogen-bond acceptors (Lipinski definition) is 2. The largest absolute Gasteiger partial charge is 0.381 e. The van der Waals surface area contributed by atoms with Crippen molar-refractivity contribution in [2.45, 2.75) is 26.8 Å². The molecule has 110 valence electrons. The molecule has 0 saturated carbocycles. The number of hydrogen-bond donors (Lipinski definition) is 2. The molecule has 2 N–H and O–H groups in total. The molecule has 0 fully saturated rings. The van der Waals surface area contributed by atoms with Gasteiger partial charge in [-0.05, 0) is 54.4 Å². The van der Waals surface area contributed by atoms with Crippen molar-refractivity contribution < 1.29 is 9.18 Å². The minimum atomic E-state index is -0.227. The van der Waals surface area contributed by atoms with Gasteiger partial charge in [0.25, 0.3) is 0 Å². The van der Waals surface area contributed by atoms with Crippen molar-refractivity contribution >= 4 is 17.3 Å². The summed E-state index contributed by atoms with van der Waals surface area (Å²) in [5.74, 6) is -0.235. The van der Waals surface area contributed by atoms with Crippen LogP contribution in [-0.2, 0) is 11.3 Å². The SMILES string of the molecule is CCC(=O)Nc1ccc(NCc2cc(F)ccc2C)cc1.